The van der Waals surface area contributed by atoms with Crippen LogP contribution in [0, 0.1) is 12.8 Å². The zero-order valence-corrected chi connectivity index (χ0v) is 14.5. The third kappa shape index (κ3) is 4.58. The van der Waals surface area contributed by atoms with E-state index in [9.17, 15) is 14.4 Å². The maximum atomic E-state index is 12.5. The van der Waals surface area contributed by atoms with Crippen molar-refractivity contribution in [1.82, 2.24) is 20.2 Å². The van der Waals surface area contributed by atoms with Crippen LogP contribution in [0.4, 0.5) is 5.95 Å². The maximum absolute atomic E-state index is 12.5. The summed E-state index contributed by atoms with van der Waals surface area (Å²) in [4.78, 5) is 44.7. The van der Waals surface area contributed by atoms with Crippen molar-refractivity contribution in [3.05, 3.63) is 22.1 Å². The summed E-state index contributed by atoms with van der Waals surface area (Å²) in [6.07, 6.45) is 4.57. The normalized spacial score (nSPS) is 20.2. The first-order valence-electron chi connectivity index (χ1n) is 8.94. The van der Waals surface area contributed by atoms with Crippen LogP contribution in [0.3, 0.4) is 0 Å². The molecule has 2 amide bonds. The standard InChI is InChI=1S/C17H25N5O3/c1-11-10-14(23)21-17(20-11)19-8-7-18-15(24)13-4-2-3-9-22(13)16(25)12-5-6-12/h10,12-13H,2-9H2,1H3,(H,18,24)(H2,19,20,21,23). The number of piperidine rings is 1. The molecule has 0 radical (unpaired) electrons. The number of rotatable bonds is 6. The number of aromatic nitrogens is 2. The first-order valence-corrected chi connectivity index (χ1v) is 8.94. The number of anilines is 1. The zero-order chi connectivity index (χ0) is 17.8. The summed E-state index contributed by atoms with van der Waals surface area (Å²) in [6, 6.07) is 1.07. The van der Waals surface area contributed by atoms with E-state index in [0.29, 0.717) is 31.3 Å². The predicted octanol–water partition coefficient (Wildman–Crippen LogP) is 0.398. The van der Waals surface area contributed by atoms with Crippen LogP contribution in [-0.4, -0.2) is 52.4 Å². The van der Waals surface area contributed by atoms with Crippen molar-refractivity contribution < 1.29 is 9.59 Å². The number of H-pyrrole nitrogens is 1. The lowest BCUT2D eigenvalue weighted by molar-refractivity contribution is -0.143. The number of hydrogen-bond acceptors (Lipinski definition) is 5. The molecule has 2 fully saturated rings. The Kier molecular flexibility index (Phi) is 5.35. The fraction of sp³-hybridized carbons (Fsp3) is 0.647. The molecule has 8 nitrogen and oxygen atoms in total. The third-order valence-corrected chi connectivity index (χ3v) is 4.60. The highest BCUT2D eigenvalue weighted by Crippen LogP contribution is 2.33. The van der Waals surface area contributed by atoms with E-state index in [1.165, 1.54) is 6.07 Å². The molecular weight excluding hydrogens is 322 g/mol. The quantitative estimate of drug-likeness (QED) is 0.646. The SMILES string of the molecule is Cc1cc(=O)[nH]c(NCCNC(=O)C2CCCCN2C(=O)C2CC2)n1. The molecule has 0 bridgehead atoms. The van der Waals surface area contributed by atoms with Gasteiger partial charge in [-0.1, -0.05) is 0 Å². The summed E-state index contributed by atoms with van der Waals surface area (Å²) in [7, 11) is 0. The van der Waals surface area contributed by atoms with Crippen LogP contribution in [0.5, 0.6) is 0 Å². The largest absolute Gasteiger partial charge is 0.354 e. The van der Waals surface area contributed by atoms with E-state index in [2.05, 4.69) is 20.6 Å². The topological polar surface area (TPSA) is 107 Å². The molecule has 136 valence electrons. The van der Waals surface area contributed by atoms with E-state index in [-0.39, 0.29) is 29.3 Å². The molecule has 25 heavy (non-hydrogen) atoms. The maximum Gasteiger partial charge on any atom is 0.252 e. The number of amides is 2. The molecule has 1 aromatic rings. The van der Waals surface area contributed by atoms with Gasteiger partial charge in [-0.05, 0) is 39.0 Å². The summed E-state index contributed by atoms with van der Waals surface area (Å²) in [5.74, 6) is 0.572. The summed E-state index contributed by atoms with van der Waals surface area (Å²) in [5.41, 5.74) is 0.419. The first-order chi connectivity index (χ1) is 12.0. The molecule has 1 saturated carbocycles. The van der Waals surface area contributed by atoms with Crippen LogP contribution in [0.15, 0.2) is 10.9 Å². The average Bonchev–Trinajstić information content (AvgIpc) is 3.42. The number of aryl methyl sites for hydroxylation is 1. The average molecular weight is 347 g/mol. The summed E-state index contributed by atoms with van der Waals surface area (Å²) in [5, 5.41) is 5.87. The molecule has 1 aromatic heterocycles. The number of hydrogen-bond donors (Lipinski definition) is 3. The van der Waals surface area contributed by atoms with Gasteiger partial charge in [-0.2, -0.15) is 0 Å². The lowest BCUT2D eigenvalue weighted by Crippen LogP contribution is -2.52. The minimum Gasteiger partial charge on any atom is -0.354 e. The fourth-order valence-corrected chi connectivity index (χ4v) is 3.18. The van der Waals surface area contributed by atoms with Crippen LogP contribution in [0.1, 0.15) is 37.8 Å². The number of nitrogens with one attached hydrogen (secondary N) is 3. The van der Waals surface area contributed by atoms with E-state index < -0.39 is 0 Å². The highest BCUT2D eigenvalue weighted by molar-refractivity contribution is 5.89. The Morgan fingerprint density at radius 2 is 2.08 bits per heavy atom. The summed E-state index contributed by atoms with van der Waals surface area (Å²) in [6.45, 7) is 3.27. The Labute approximate surface area is 146 Å². The van der Waals surface area contributed by atoms with E-state index in [4.69, 9.17) is 0 Å². The van der Waals surface area contributed by atoms with Crippen LogP contribution >= 0.6 is 0 Å². The number of likely N-dealkylation sites (tertiary alicyclic amines) is 1. The molecule has 0 spiro atoms. The summed E-state index contributed by atoms with van der Waals surface area (Å²) < 4.78 is 0. The number of nitrogens with zero attached hydrogens (tertiary/aromatic N) is 2. The third-order valence-electron chi connectivity index (χ3n) is 4.60. The van der Waals surface area contributed by atoms with Crippen molar-refractivity contribution in [2.24, 2.45) is 5.92 Å². The van der Waals surface area contributed by atoms with Gasteiger partial charge in [-0.15, -0.1) is 0 Å². The Morgan fingerprint density at radius 3 is 2.80 bits per heavy atom. The van der Waals surface area contributed by atoms with Crippen molar-refractivity contribution in [1.29, 1.82) is 0 Å². The molecule has 1 aliphatic heterocycles. The molecule has 2 heterocycles. The number of carbonyl (C=O) groups is 2. The van der Waals surface area contributed by atoms with Gasteiger partial charge in [0.2, 0.25) is 17.8 Å². The van der Waals surface area contributed by atoms with Crippen molar-refractivity contribution in [2.75, 3.05) is 25.0 Å². The fourth-order valence-electron chi connectivity index (χ4n) is 3.18. The molecular formula is C17H25N5O3. The number of carbonyl (C=O) groups excluding carboxylic acids is 2. The van der Waals surface area contributed by atoms with E-state index in [0.717, 1.165) is 32.1 Å². The number of aromatic amines is 1. The molecule has 1 unspecified atom stereocenters. The van der Waals surface area contributed by atoms with Gasteiger partial charge in [0.25, 0.3) is 5.56 Å². The van der Waals surface area contributed by atoms with Crippen LogP contribution < -0.4 is 16.2 Å². The molecule has 1 atom stereocenters. The predicted molar refractivity (Wildman–Crippen MR) is 93.2 cm³/mol. The van der Waals surface area contributed by atoms with Crippen molar-refractivity contribution >= 4 is 17.8 Å². The Morgan fingerprint density at radius 1 is 1.28 bits per heavy atom. The molecule has 1 aliphatic carbocycles. The molecule has 1 saturated heterocycles. The van der Waals surface area contributed by atoms with Crippen molar-refractivity contribution in [2.45, 2.75) is 45.1 Å². The second-order valence-electron chi connectivity index (χ2n) is 6.77. The van der Waals surface area contributed by atoms with Crippen LogP contribution in [0.2, 0.25) is 0 Å². The Hall–Kier alpha value is -2.38. The molecule has 0 aromatic carbocycles. The van der Waals surface area contributed by atoms with Crippen LogP contribution in [0.25, 0.3) is 0 Å². The molecule has 8 heteroatoms. The smallest absolute Gasteiger partial charge is 0.252 e. The highest BCUT2D eigenvalue weighted by atomic mass is 16.2. The van der Waals surface area contributed by atoms with E-state index >= 15 is 0 Å². The minimum atomic E-state index is -0.348. The zero-order valence-electron chi connectivity index (χ0n) is 14.5. The lowest BCUT2D eigenvalue weighted by atomic mass is 10.0. The van der Waals surface area contributed by atoms with Gasteiger partial charge in [0.05, 0.1) is 0 Å². The van der Waals surface area contributed by atoms with E-state index in [1.54, 1.807) is 11.8 Å². The lowest BCUT2D eigenvalue weighted by Gasteiger charge is -2.35. The van der Waals surface area contributed by atoms with Gasteiger partial charge in [-0.25, -0.2) is 4.98 Å². The van der Waals surface area contributed by atoms with Gasteiger partial charge in [0.15, 0.2) is 0 Å². The van der Waals surface area contributed by atoms with Gasteiger partial charge in [-0.3, -0.25) is 19.4 Å². The van der Waals surface area contributed by atoms with Gasteiger partial charge in [0, 0.05) is 37.3 Å². The van der Waals surface area contributed by atoms with Gasteiger partial charge >= 0.3 is 0 Å². The Balaban J connectivity index is 1.47. The van der Waals surface area contributed by atoms with Gasteiger partial charge < -0.3 is 15.5 Å². The van der Waals surface area contributed by atoms with E-state index in [1.807, 2.05) is 0 Å². The minimum absolute atomic E-state index is 0.0961. The molecule has 3 N–H and O–H groups in total. The monoisotopic (exact) mass is 347 g/mol. The second-order valence-corrected chi connectivity index (χ2v) is 6.77. The van der Waals surface area contributed by atoms with Gasteiger partial charge in [0.1, 0.15) is 6.04 Å². The van der Waals surface area contributed by atoms with Crippen molar-refractivity contribution in [3.8, 4) is 0 Å². The van der Waals surface area contributed by atoms with Crippen LogP contribution in [-0.2, 0) is 9.59 Å². The second kappa shape index (κ2) is 7.67. The first kappa shape index (κ1) is 17.4. The molecule has 3 rings (SSSR count). The highest BCUT2D eigenvalue weighted by Gasteiger charge is 2.39. The Bertz CT molecular complexity index is 698. The summed E-state index contributed by atoms with van der Waals surface area (Å²) >= 11 is 0. The molecule has 2 aliphatic rings. The van der Waals surface area contributed by atoms with Crippen molar-refractivity contribution in [3.63, 3.8) is 0 Å².